The summed E-state index contributed by atoms with van der Waals surface area (Å²) in [6.07, 6.45) is 2.65. The zero-order valence-electron chi connectivity index (χ0n) is 29.5. The highest BCUT2D eigenvalue weighted by atomic mass is 19.1. The van der Waals surface area contributed by atoms with Crippen molar-refractivity contribution in [3.05, 3.63) is 175 Å². The smallest absolute Gasteiger partial charge is 0.337 e. The van der Waals surface area contributed by atoms with E-state index in [4.69, 9.17) is 29.1 Å². The predicted molar refractivity (Wildman–Crippen MR) is 200 cm³/mol. The molecule has 0 atom stereocenters. The van der Waals surface area contributed by atoms with Gasteiger partial charge in [-0.2, -0.15) is 0 Å². The SMILES string of the molecule is Nc1nnc(-c2ccc(F)cc2)o1.O=C(Cc1nnc(-c2ccc(F)cc2)o1)c1ccc(Oc2ccccc2)nc1.O=C(O)c1ccc(Oc2ccccc2)nc1. The Bertz CT molecular complexity index is 2500. The molecule has 14 nitrogen and oxygen atoms in total. The van der Waals surface area contributed by atoms with Gasteiger partial charge in [0, 0.05) is 41.2 Å². The third-order valence-electron chi connectivity index (χ3n) is 7.37. The Morgan fingerprint density at radius 2 is 1.05 bits per heavy atom. The fraction of sp³-hybridized carbons (Fsp3) is 0.0244. The van der Waals surface area contributed by atoms with Crippen LogP contribution in [-0.2, 0) is 6.42 Å². The Kier molecular flexibility index (Phi) is 12.7. The highest BCUT2D eigenvalue weighted by Crippen LogP contribution is 2.22. The van der Waals surface area contributed by atoms with Crippen LogP contribution in [0.2, 0.25) is 0 Å². The summed E-state index contributed by atoms with van der Waals surface area (Å²) < 4.78 is 47.0. The molecule has 57 heavy (non-hydrogen) atoms. The van der Waals surface area contributed by atoms with Crippen molar-refractivity contribution in [1.29, 1.82) is 0 Å². The summed E-state index contributed by atoms with van der Waals surface area (Å²) in [5.41, 5.74) is 7.00. The number of nitrogens with two attached hydrogens (primary N) is 1. The van der Waals surface area contributed by atoms with Crippen LogP contribution in [0.3, 0.4) is 0 Å². The van der Waals surface area contributed by atoms with E-state index in [1.54, 1.807) is 36.4 Å². The van der Waals surface area contributed by atoms with E-state index in [1.807, 2.05) is 48.5 Å². The first-order valence-electron chi connectivity index (χ1n) is 16.8. The molecule has 0 saturated heterocycles. The van der Waals surface area contributed by atoms with E-state index < -0.39 is 5.97 Å². The van der Waals surface area contributed by atoms with E-state index in [1.165, 1.54) is 60.9 Å². The first-order valence-corrected chi connectivity index (χ1v) is 16.8. The lowest BCUT2D eigenvalue weighted by molar-refractivity contribution is 0.0696. The summed E-state index contributed by atoms with van der Waals surface area (Å²) in [7, 11) is 0. The summed E-state index contributed by atoms with van der Waals surface area (Å²) >= 11 is 0. The van der Waals surface area contributed by atoms with Crippen molar-refractivity contribution in [1.82, 2.24) is 30.4 Å². The number of carbonyl (C=O) groups excluding carboxylic acids is 1. The number of ketones is 1. The number of nitrogens with zero attached hydrogens (tertiary/aromatic N) is 6. The summed E-state index contributed by atoms with van der Waals surface area (Å²) in [6.45, 7) is 0. The highest BCUT2D eigenvalue weighted by molar-refractivity contribution is 5.96. The standard InChI is InChI=1S/C21H14FN3O3.C12H9NO3.C8H6FN3O/c22-16-9-6-14(7-10-16)21-25-24-20(28-21)12-18(26)15-8-11-19(23-13-15)27-17-4-2-1-3-5-17;14-12(15)9-6-7-11(13-8-9)16-10-4-2-1-3-5-10;9-6-3-1-5(2-4-6)7-11-12-8(10)13-7/h1-11,13H,12H2;1-8H,(H,14,15);1-4H,(H2,10,12). The molecule has 3 N–H and O–H groups in total. The molecule has 0 fully saturated rings. The van der Waals surface area contributed by atoms with Gasteiger partial charge in [0.1, 0.15) is 23.1 Å². The number of halogens is 2. The Labute approximate surface area is 322 Å². The fourth-order valence-electron chi connectivity index (χ4n) is 4.61. The van der Waals surface area contributed by atoms with Crippen LogP contribution in [0, 0.1) is 11.6 Å². The Hall–Kier alpha value is -8.14. The molecular formula is C41H29F2N7O7. The van der Waals surface area contributed by atoms with Gasteiger partial charge >= 0.3 is 12.0 Å². The number of pyridine rings is 2. The van der Waals surface area contributed by atoms with E-state index >= 15 is 0 Å². The van der Waals surface area contributed by atoms with Crippen molar-refractivity contribution < 1.29 is 41.8 Å². The minimum atomic E-state index is -1.00. The van der Waals surface area contributed by atoms with Crippen molar-refractivity contribution in [2.24, 2.45) is 0 Å². The van der Waals surface area contributed by atoms with Crippen LogP contribution in [0.25, 0.3) is 22.9 Å². The normalized spacial score (nSPS) is 10.3. The van der Waals surface area contributed by atoms with Crippen LogP contribution < -0.4 is 15.2 Å². The van der Waals surface area contributed by atoms with Gasteiger partial charge in [0.25, 0.3) is 0 Å². The lowest BCUT2D eigenvalue weighted by Crippen LogP contribution is -2.04. The summed E-state index contributed by atoms with van der Waals surface area (Å²) in [5, 5.41) is 23.6. The second-order valence-electron chi connectivity index (χ2n) is 11.5. The summed E-state index contributed by atoms with van der Waals surface area (Å²) in [5.74, 6) is 0.898. The maximum atomic E-state index is 13.0. The number of Topliss-reactive ketones (excluding diaryl/α,β-unsaturated/α-hetero) is 1. The lowest BCUT2D eigenvalue weighted by Gasteiger charge is -2.04. The van der Waals surface area contributed by atoms with Gasteiger partial charge in [0.2, 0.25) is 29.4 Å². The zero-order valence-corrected chi connectivity index (χ0v) is 29.5. The van der Waals surface area contributed by atoms with Crippen LogP contribution in [0.15, 0.2) is 155 Å². The number of benzene rings is 4. The Balaban J connectivity index is 0.000000160. The van der Waals surface area contributed by atoms with Crippen LogP contribution >= 0.6 is 0 Å². The molecule has 8 rings (SSSR count). The van der Waals surface area contributed by atoms with Gasteiger partial charge < -0.3 is 29.1 Å². The molecule has 0 aliphatic carbocycles. The molecular weight excluding hydrogens is 740 g/mol. The minimum absolute atomic E-state index is 0.000625. The maximum Gasteiger partial charge on any atom is 0.337 e. The number of nitrogen functional groups attached to an aromatic ring is 1. The van der Waals surface area contributed by atoms with Crippen molar-refractivity contribution in [2.45, 2.75) is 6.42 Å². The number of carbonyl (C=O) groups is 2. The molecule has 0 radical (unpaired) electrons. The Morgan fingerprint density at radius 1 is 0.579 bits per heavy atom. The monoisotopic (exact) mass is 769 g/mol. The molecule has 0 bridgehead atoms. The largest absolute Gasteiger partial charge is 0.478 e. The van der Waals surface area contributed by atoms with E-state index in [0.29, 0.717) is 39.9 Å². The van der Waals surface area contributed by atoms with Gasteiger partial charge in [-0.15, -0.1) is 15.3 Å². The molecule has 0 saturated carbocycles. The molecule has 16 heteroatoms. The van der Waals surface area contributed by atoms with Gasteiger partial charge in [-0.25, -0.2) is 23.5 Å². The predicted octanol–water partition coefficient (Wildman–Crippen LogP) is 8.52. The van der Waals surface area contributed by atoms with Crippen LogP contribution in [-0.4, -0.2) is 47.2 Å². The molecule has 4 aromatic heterocycles. The van der Waals surface area contributed by atoms with Crippen LogP contribution in [0.1, 0.15) is 26.6 Å². The first-order chi connectivity index (χ1) is 27.7. The quantitative estimate of drug-likeness (QED) is 0.125. The molecule has 0 aliphatic rings. The third-order valence-corrected chi connectivity index (χ3v) is 7.37. The number of anilines is 1. The number of rotatable bonds is 10. The number of carboxylic acid groups (broad SMARTS) is 1. The van der Waals surface area contributed by atoms with Crippen molar-refractivity contribution in [3.8, 4) is 46.2 Å². The number of para-hydroxylation sites is 2. The number of ether oxygens (including phenoxy) is 2. The van der Waals surface area contributed by atoms with E-state index in [2.05, 4.69) is 30.4 Å². The van der Waals surface area contributed by atoms with Gasteiger partial charge in [-0.3, -0.25) is 4.79 Å². The van der Waals surface area contributed by atoms with Gasteiger partial charge in [-0.1, -0.05) is 41.5 Å². The zero-order chi connectivity index (χ0) is 40.0. The number of carboxylic acids is 1. The topological polar surface area (TPSA) is 202 Å². The molecule has 8 aromatic rings. The van der Waals surface area contributed by atoms with Crippen LogP contribution in [0.5, 0.6) is 23.3 Å². The number of aromatic nitrogens is 6. The molecule has 0 spiro atoms. The second-order valence-corrected chi connectivity index (χ2v) is 11.5. The number of aromatic carboxylic acids is 1. The average Bonchev–Trinajstić information content (AvgIpc) is 3.89. The average molecular weight is 770 g/mol. The Morgan fingerprint density at radius 3 is 1.49 bits per heavy atom. The number of hydrogen-bond donors (Lipinski definition) is 2. The van der Waals surface area contributed by atoms with Crippen molar-refractivity contribution in [2.75, 3.05) is 5.73 Å². The highest BCUT2D eigenvalue weighted by Gasteiger charge is 2.15. The van der Waals surface area contributed by atoms with Crippen LogP contribution in [0.4, 0.5) is 14.8 Å². The minimum Gasteiger partial charge on any atom is -0.478 e. The molecule has 0 aliphatic heterocycles. The maximum absolute atomic E-state index is 13.0. The van der Waals surface area contributed by atoms with Crippen molar-refractivity contribution in [3.63, 3.8) is 0 Å². The van der Waals surface area contributed by atoms with E-state index in [0.717, 1.165) is 0 Å². The second kappa shape index (κ2) is 18.8. The number of hydrogen-bond acceptors (Lipinski definition) is 13. The molecule has 4 aromatic carbocycles. The molecule has 0 amide bonds. The molecule has 4 heterocycles. The summed E-state index contributed by atoms with van der Waals surface area (Å²) in [4.78, 5) is 31.1. The molecule has 0 unspecified atom stereocenters. The summed E-state index contributed by atoms with van der Waals surface area (Å²) in [6, 6.07) is 36.0. The fourth-order valence-corrected chi connectivity index (χ4v) is 4.61. The van der Waals surface area contributed by atoms with E-state index in [-0.39, 0.29) is 53.1 Å². The molecule has 284 valence electrons. The van der Waals surface area contributed by atoms with Gasteiger partial charge in [0.15, 0.2) is 5.78 Å². The lowest BCUT2D eigenvalue weighted by atomic mass is 10.1. The third kappa shape index (κ3) is 11.4. The van der Waals surface area contributed by atoms with Crippen molar-refractivity contribution >= 4 is 17.8 Å². The van der Waals surface area contributed by atoms with E-state index in [9.17, 15) is 18.4 Å². The van der Waals surface area contributed by atoms with Gasteiger partial charge in [-0.05, 0) is 84.9 Å². The first kappa shape index (κ1) is 38.6. The van der Waals surface area contributed by atoms with Gasteiger partial charge in [0.05, 0.1) is 12.0 Å².